The minimum atomic E-state index is -0.800. The van der Waals surface area contributed by atoms with E-state index in [4.69, 9.17) is 4.74 Å². The van der Waals surface area contributed by atoms with Crippen LogP contribution in [0.5, 0.6) is 5.75 Å². The molecule has 12 heteroatoms. The summed E-state index contributed by atoms with van der Waals surface area (Å²) in [4.78, 5) is 56.8. The molecular weight excluding hydrogens is 507 g/mol. The Bertz CT molecular complexity index is 1490. The van der Waals surface area contributed by atoms with Crippen molar-refractivity contribution in [3.05, 3.63) is 58.8 Å². The molecule has 0 bridgehead atoms. The largest absolute Gasteiger partial charge is 0.486 e. The number of piperidine rings is 1. The normalized spacial score (nSPS) is 17.5. The smallest absolute Gasteiger partial charge is 0.270 e. The molecule has 4 heterocycles. The van der Waals surface area contributed by atoms with Gasteiger partial charge in [-0.2, -0.15) is 5.10 Å². The Hall–Kier alpha value is -4.35. The second-order valence-corrected chi connectivity index (χ2v) is 10.7. The number of nitrogens with zero attached hydrogens (tertiary/aromatic N) is 4. The molecule has 0 unspecified atom stereocenters. The molecule has 39 heavy (non-hydrogen) atoms. The van der Waals surface area contributed by atoms with Gasteiger partial charge in [0.25, 0.3) is 11.8 Å². The van der Waals surface area contributed by atoms with Gasteiger partial charge in [-0.25, -0.2) is 13.9 Å². The van der Waals surface area contributed by atoms with E-state index in [0.717, 1.165) is 21.8 Å². The van der Waals surface area contributed by atoms with Crippen LogP contribution in [0, 0.1) is 5.82 Å². The highest BCUT2D eigenvalue weighted by Crippen LogP contribution is 2.25. The number of ketones is 1. The summed E-state index contributed by atoms with van der Waals surface area (Å²) in [6.45, 7) is 6.53. The number of hydrogen-bond acceptors (Lipinski definition) is 7. The Labute approximate surface area is 223 Å². The van der Waals surface area contributed by atoms with Crippen molar-refractivity contribution in [2.75, 3.05) is 13.2 Å². The molecule has 0 radical (unpaired) electrons. The van der Waals surface area contributed by atoms with E-state index in [1.165, 1.54) is 6.07 Å². The predicted octanol–water partition coefficient (Wildman–Crippen LogP) is 1.82. The summed E-state index contributed by atoms with van der Waals surface area (Å²) >= 11 is 0. The van der Waals surface area contributed by atoms with Crippen LogP contribution in [0.25, 0.3) is 5.65 Å². The standard InChI is InChI=1S/C27H29FN6O5/c1-27(2,3)33-8-4-5-19(26(33)38)32-25(37)21-11-20(31-23-18(28)13-30-34(21)23)24(36)29-12-15-6-7-22-16(9-15)10-17(35)14-39-22/h6-7,9,11,13,19H,4-5,8,10,12,14H2,1-3H3,(H,29,36)(H,32,37)/t19-/m0/s1. The van der Waals surface area contributed by atoms with Crippen LogP contribution in [0.15, 0.2) is 30.5 Å². The highest BCUT2D eigenvalue weighted by Gasteiger charge is 2.36. The first-order valence-electron chi connectivity index (χ1n) is 12.7. The van der Waals surface area contributed by atoms with E-state index in [0.29, 0.717) is 25.1 Å². The molecule has 2 aliphatic heterocycles. The zero-order valence-corrected chi connectivity index (χ0v) is 21.9. The van der Waals surface area contributed by atoms with Gasteiger partial charge in [-0.15, -0.1) is 0 Å². The summed E-state index contributed by atoms with van der Waals surface area (Å²) in [5.74, 6) is -1.71. The fraction of sp³-hybridized carbons (Fsp3) is 0.407. The summed E-state index contributed by atoms with van der Waals surface area (Å²) in [7, 11) is 0. The molecule has 11 nitrogen and oxygen atoms in total. The lowest BCUT2D eigenvalue weighted by Gasteiger charge is -2.41. The monoisotopic (exact) mass is 536 g/mol. The molecule has 1 atom stereocenters. The number of Topliss-reactive ketones (excluding diaryl/α,β-unsaturated/α-hetero) is 1. The van der Waals surface area contributed by atoms with E-state index in [2.05, 4.69) is 20.7 Å². The third-order valence-corrected chi connectivity index (χ3v) is 6.80. The van der Waals surface area contributed by atoms with Gasteiger partial charge in [-0.3, -0.25) is 19.2 Å². The van der Waals surface area contributed by atoms with Crippen molar-refractivity contribution in [2.24, 2.45) is 0 Å². The fourth-order valence-electron chi connectivity index (χ4n) is 4.84. The van der Waals surface area contributed by atoms with Crippen molar-refractivity contribution in [2.45, 2.75) is 58.2 Å². The number of carbonyl (C=O) groups is 4. The SMILES string of the molecule is CC(C)(C)N1CCC[C@H](NC(=O)c2cc(C(=O)NCc3ccc4c(c3)CC(=O)CO4)nc3c(F)cnn23)C1=O. The van der Waals surface area contributed by atoms with Crippen molar-refractivity contribution in [1.29, 1.82) is 0 Å². The Morgan fingerprint density at radius 1 is 1.18 bits per heavy atom. The molecule has 204 valence electrons. The maximum Gasteiger partial charge on any atom is 0.270 e. The van der Waals surface area contributed by atoms with Gasteiger partial charge in [-0.1, -0.05) is 6.07 Å². The zero-order chi connectivity index (χ0) is 27.9. The minimum absolute atomic E-state index is 0.0316. The highest BCUT2D eigenvalue weighted by molar-refractivity contribution is 6.00. The molecule has 1 saturated heterocycles. The molecule has 2 aliphatic rings. The number of carbonyl (C=O) groups excluding carboxylic acids is 4. The number of nitrogens with one attached hydrogen (secondary N) is 2. The number of ether oxygens (including phenoxy) is 1. The summed E-state index contributed by atoms with van der Waals surface area (Å²) in [6.07, 6.45) is 2.34. The van der Waals surface area contributed by atoms with Crippen LogP contribution in [-0.2, 0) is 22.6 Å². The maximum absolute atomic E-state index is 14.5. The molecule has 3 amide bonds. The number of halogens is 1. The van der Waals surface area contributed by atoms with Crippen LogP contribution in [0.3, 0.4) is 0 Å². The molecule has 1 fully saturated rings. The van der Waals surface area contributed by atoms with Gasteiger partial charge >= 0.3 is 0 Å². The van der Waals surface area contributed by atoms with Gasteiger partial charge in [0, 0.05) is 36.7 Å². The topological polar surface area (TPSA) is 135 Å². The van der Waals surface area contributed by atoms with Crippen molar-refractivity contribution in [1.82, 2.24) is 30.1 Å². The van der Waals surface area contributed by atoms with Crippen molar-refractivity contribution in [3.63, 3.8) is 0 Å². The quantitative estimate of drug-likeness (QED) is 0.508. The Kier molecular flexibility index (Phi) is 6.79. The number of rotatable bonds is 5. The molecule has 0 aliphatic carbocycles. The zero-order valence-electron chi connectivity index (χ0n) is 21.9. The average molecular weight is 537 g/mol. The fourth-order valence-corrected chi connectivity index (χ4v) is 4.84. The van der Waals surface area contributed by atoms with Crippen LogP contribution >= 0.6 is 0 Å². The lowest BCUT2D eigenvalue weighted by molar-refractivity contribution is -0.140. The molecular formula is C27H29FN6O5. The molecule has 3 aromatic rings. The number of amides is 3. The summed E-state index contributed by atoms with van der Waals surface area (Å²) in [5.41, 5.74) is 0.466. The average Bonchev–Trinajstić information content (AvgIpc) is 3.27. The molecule has 1 aromatic carbocycles. The number of fused-ring (bicyclic) bond motifs is 2. The van der Waals surface area contributed by atoms with E-state index < -0.39 is 29.2 Å². The van der Waals surface area contributed by atoms with Crippen LogP contribution in [0.2, 0.25) is 0 Å². The van der Waals surface area contributed by atoms with Gasteiger partial charge in [0.2, 0.25) is 5.91 Å². The van der Waals surface area contributed by atoms with E-state index in [1.807, 2.05) is 20.8 Å². The van der Waals surface area contributed by atoms with Crippen LogP contribution in [0.4, 0.5) is 4.39 Å². The van der Waals surface area contributed by atoms with Gasteiger partial charge < -0.3 is 20.3 Å². The lowest BCUT2D eigenvalue weighted by atomic mass is 9.97. The van der Waals surface area contributed by atoms with Crippen LogP contribution < -0.4 is 15.4 Å². The molecule has 0 spiro atoms. The number of benzene rings is 1. The number of likely N-dealkylation sites (tertiary alicyclic amines) is 1. The second kappa shape index (κ2) is 10.1. The van der Waals surface area contributed by atoms with Gasteiger partial charge in [0.05, 0.1) is 6.20 Å². The van der Waals surface area contributed by atoms with Crippen LogP contribution in [0.1, 0.15) is 65.7 Å². The Morgan fingerprint density at radius 2 is 1.97 bits per heavy atom. The first-order chi connectivity index (χ1) is 18.5. The van der Waals surface area contributed by atoms with E-state index >= 15 is 0 Å². The third-order valence-electron chi connectivity index (χ3n) is 6.80. The summed E-state index contributed by atoms with van der Waals surface area (Å²) in [5, 5.41) is 9.35. The van der Waals surface area contributed by atoms with Crippen LogP contribution in [-0.4, -0.2) is 67.7 Å². The molecule has 2 N–H and O–H groups in total. The van der Waals surface area contributed by atoms with Gasteiger partial charge in [-0.05, 0) is 51.3 Å². The first-order valence-corrected chi connectivity index (χ1v) is 12.7. The molecule has 0 saturated carbocycles. The van der Waals surface area contributed by atoms with Crippen molar-refractivity contribution < 1.29 is 28.3 Å². The first kappa shape index (κ1) is 26.3. The highest BCUT2D eigenvalue weighted by atomic mass is 19.1. The maximum atomic E-state index is 14.5. The minimum Gasteiger partial charge on any atom is -0.486 e. The summed E-state index contributed by atoms with van der Waals surface area (Å²) in [6, 6.07) is 5.75. The Morgan fingerprint density at radius 3 is 2.74 bits per heavy atom. The van der Waals surface area contributed by atoms with E-state index in [9.17, 15) is 23.6 Å². The van der Waals surface area contributed by atoms with Crippen molar-refractivity contribution in [3.8, 4) is 5.75 Å². The predicted molar refractivity (Wildman–Crippen MR) is 137 cm³/mol. The van der Waals surface area contributed by atoms with Crippen molar-refractivity contribution >= 4 is 29.2 Å². The van der Waals surface area contributed by atoms with E-state index in [-0.39, 0.29) is 48.3 Å². The molecule has 2 aromatic heterocycles. The van der Waals surface area contributed by atoms with Gasteiger partial charge in [0.1, 0.15) is 29.8 Å². The second-order valence-electron chi connectivity index (χ2n) is 10.7. The van der Waals surface area contributed by atoms with Gasteiger partial charge in [0.15, 0.2) is 17.2 Å². The Balaban J connectivity index is 1.35. The third kappa shape index (κ3) is 5.31. The number of aromatic nitrogens is 3. The van der Waals surface area contributed by atoms with E-state index in [1.54, 1.807) is 23.1 Å². The lowest BCUT2D eigenvalue weighted by Crippen LogP contribution is -2.57. The number of hydrogen-bond donors (Lipinski definition) is 2. The molecule has 5 rings (SSSR count). The summed E-state index contributed by atoms with van der Waals surface area (Å²) < 4.78 is 20.9.